The van der Waals surface area contributed by atoms with Gasteiger partial charge in [0.05, 0.1) is 0 Å². The highest BCUT2D eigenvalue weighted by Gasteiger charge is 2.34. The first-order valence-corrected chi connectivity index (χ1v) is 9.89. The number of hydrogen-bond acceptors (Lipinski definition) is 3. The molecule has 3 N–H and O–H groups in total. The Kier molecular flexibility index (Phi) is 8.11. The molecule has 6 heteroatoms. The molecule has 2 atom stereocenters. The Morgan fingerprint density at radius 1 is 1.15 bits per heavy atom. The number of rotatable bonds is 7. The smallest absolute Gasteiger partial charge is 0.224 e. The van der Waals surface area contributed by atoms with Crippen LogP contribution in [0.1, 0.15) is 57.9 Å². The average molecular weight is 394 g/mol. The third-order valence-corrected chi connectivity index (χ3v) is 5.34. The Morgan fingerprint density at radius 3 is 2.52 bits per heavy atom. The van der Waals surface area contributed by atoms with Gasteiger partial charge >= 0.3 is 0 Å². The van der Waals surface area contributed by atoms with Crippen LogP contribution < -0.4 is 16.0 Å². The SMILES string of the molecule is CC(C)CC(=O)Nc1cccc(CNC(=O)CC2CC3CCC(C2)N3)c1.Cl. The monoisotopic (exact) mass is 393 g/mol. The molecule has 1 aromatic carbocycles. The van der Waals surface area contributed by atoms with E-state index in [1.807, 2.05) is 38.1 Å². The van der Waals surface area contributed by atoms with Gasteiger partial charge in [-0.25, -0.2) is 0 Å². The number of piperidine rings is 1. The molecule has 2 aliphatic rings. The Morgan fingerprint density at radius 2 is 1.85 bits per heavy atom. The van der Waals surface area contributed by atoms with Crippen LogP contribution in [0.15, 0.2) is 24.3 Å². The number of hydrogen-bond donors (Lipinski definition) is 3. The van der Waals surface area contributed by atoms with Gasteiger partial charge in [0, 0.05) is 37.2 Å². The van der Waals surface area contributed by atoms with Gasteiger partial charge in [0.25, 0.3) is 0 Å². The molecule has 2 aliphatic heterocycles. The lowest BCUT2D eigenvalue weighted by molar-refractivity contribution is -0.122. The molecule has 2 saturated heterocycles. The van der Waals surface area contributed by atoms with Gasteiger partial charge in [0.15, 0.2) is 0 Å². The predicted molar refractivity (Wildman–Crippen MR) is 111 cm³/mol. The van der Waals surface area contributed by atoms with Crippen LogP contribution in [0.25, 0.3) is 0 Å². The topological polar surface area (TPSA) is 70.2 Å². The zero-order valence-corrected chi connectivity index (χ0v) is 17.1. The summed E-state index contributed by atoms with van der Waals surface area (Å²) < 4.78 is 0. The van der Waals surface area contributed by atoms with E-state index in [2.05, 4.69) is 16.0 Å². The van der Waals surface area contributed by atoms with E-state index in [0.717, 1.165) is 24.1 Å². The second-order valence-electron chi connectivity index (χ2n) is 8.30. The zero-order valence-electron chi connectivity index (χ0n) is 16.3. The Hall–Kier alpha value is -1.59. The van der Waals surface area contributed by atoms with Crippen LogP contribution >= 0.6 is 12.4 Å². The summed E-state index contributed by atoms with van der Waals surface area (Å²) in [6.45, 7) is 4.56. The Balaban J connectivity index is 0.00000261. The molecule has 2 amide bonds. The maximum atomic E-state index is 12.3. The molecule has 2 fully saturated rings. The van der Waals surface area contributed by atoms with Crippen LogP contribution in [0.3, 0.4) is 0 Å². The minimum absolute atomic E-state index is 0. The normalized spacial score (nSPS) is 23.6. The first-order chi connectivity index (χ1) is 12.5. The van der Waals surface area contributed by atoms with Gasteiger partial charge < -0.3 is 16.0 Å². The van der Waals surface area contributed by atoms with Crippen LogP contribution in [0.2, 0.25) is 0 Å². The van der Waals surface area contributed by atoms with E-state index in [9.17, 15) is 9.59 Å². The first kappa shape index (κ1) is 21.7. The van der Waals surface area contributed by atoms with E-state index >= 15 is 0 Å². The van der Waals surface area contributed by atoms with Gasteiger partial charge in [-0.1, -0.05) is 26.0 Å². The van der Waals surface area contributed by atoms with Crippen molar-refractivity contribution in [1.29, 1.82) is 0 Å². The summed E-state index contributed by atoms with van der Waals surface area (Å²) in [5.74, 6) is 1.00. The molecule has 0 aromatic heterocycles. The van der Waals surface area contributed by atoms with E-state index in [1.165, 1.54) is 12.8 Å². The number of carbonyl (C=O) groups excluding carboxylic acids is 2. The maximum Gasteiger partial charge on any atom is 0.224 e. The lowest BCUT2D eigenvalue weighted by Crippen LogP contribution is -2.39. The lowest BCUT2D eigenvalue weighted by Gasteiger charge is -2.28. The van der Waals surface area contributed by atoms with E-state index in [-0.39, 0.29) is 24.2 Å². The van der Waals surface area contributed by atoms with E-state index < -0.39 is 0 Å². The van der Waals surface area contributed by atoms with E-state index in [0.29, 0.717) is 43.3 Å². The van der Waals surface area contributed by atoms with Crippen molar-refractivity contribution in [3.8, 4) is 0 Å². The van der Waals surface area contributed by atoms with Crippen LogP contribution in [-0.4, -0.2) is 23.9 Å². The third-order valence-electron chi connectivity index (χ3n) is 5.34. The van der Waals surface area contributed by atoms with Crippen molar-refractivity contribution in [2.75, 3.05) is 5.32 Å². The van der Waals surface area contributed by atoms with Crippen LogP contribution in [0.4, 0.5) is 5.69 Å². The van der Waals surface area contributed by atoms with Gasteiger partial charge in [0.1, 0.15) is 0 Å². The molecule has 3 rings (SSSR count). The summed E-state index contributed by atoms with van der Waals surface area (Å²) in [5, 5.41) is 9.58. The van der Waals surface area contributed by atoms with Crippen LogP contribution in [-0.2, 0) is 16.1 Å². The van der Waals surface area contributed by atoms with Gasteiger partial charge in [-0.15, -0.1) is 12.4 Å². The van der Waals surface area contributed by atoms with Crippen molar-refractivity contribution in [3.63, 3.8) is 0 Å². The Bertz CT molecular complexity index is 638. The minimum Gasteiger partial charge on any atom is -0.352 e. The molecule has 0 aliphatic carbocycles. The van der Waals surface area contributed by atoms with Crippen LogP contribution in [0, 0.1) is 11.8 Å². The number of carbonyl (C=O) groups is 2. The number of benzene rings is 1. The number of anilines is 1. The molecule has 5 nitrogen and oxygen atoms in total. The summed E-state index contributed by atoms with van der Waals surface area (Å²) in [6.07, 6.45) is 5.91. The first-order valence-electron chi connectivity index (χ1n) is 9.89. The fraction of sp³-hybridized carbons (Fsp3) is 0.619. The van der Waals surface area contributed by atoms with Crippen molar-refractivity contribution >= 4 is 29.9 Å². The highest BCUT2D eigenvalue weighted by atomic mass is 35.5. The minimum atomic E-state index is 0. The fourth-order valence-corrected chi connectivity index (χ4v) is 4.22. The predicted octanol–water partition coefficient (Wildman–Crippen LogP) is 3.63. The summed E-state index contributed by atoms with van der Waals surface area (Å²) in [6, 6.07) is 8.95. The summed E-state index contributed by atoms with van der Waals surface area (Å²) >= 11 is 0. The van der Waals surface area contributed by atoms with Crippen molar-refractivity contribution in [2.24, 2.45) is 11.8 Å². The zero-order chi connectivity index (χ0) is 18.5. The molecule has 2 unspecified atom stereocenters. The summed E-state index contributed by atoms with van der Waals surface area (Å²) in [5.41, 5.74) is 1.79. The van der Waals surface area contributed by atoms with Crippen molar-refractivity contribution in [3.05, 3.63) is 29.8 Å². The fourth-order valence-electron chi connectivity index (χ4n) is 4.22. The third kappa shape index (κ3) is 6.82. The van der Waals surface area contributed by atoms with Gasteiger partial charge in [-0.2, -0.15) is 0 Å². The molecule has 150 valence electrons. The molecule has 27 heavy (non-hydrogen) atoms. The van der Waals surface area contributed by atoms with Gasteiger partial charge in [-0.3, -0.25) is 9.59 Å². The molecule has 2 heterocycles. The molecule has 0 spiro atoms. The number of amides is 2. The van der Waals surface area contributed by atoms with Crippen molar-refractivity contribution < 1.29 is 9.59 Å². The van der Waals surface area contributed by atoms with Gasteiger partial charge in [-0.05, 0) is 55.2 Å². The Labute approximate surface area is 168 Å². The molecular formula is C21H32ClN3O2. The molecule has 1 aromatic rings. The summed E-state index contributed by atoms with van der Waals surface area (Å²) in [4.78, 5) is 24.2. The average Bonchev–Trinajstić information content (AvgIpc) is 2.91. The number of fused-ring (bicyclic) bond motifs is 2. The highest BCUT2D eigenvalue weighted by molar-refractivity contribution is 5.90. The quantitative estimate of drug-likeness (QED) is 0.662. The van der Waals surface area contributed by atoms with E-state index in [4.69, 9.17) is 0 Å². The lowest BCUT2D eigenvalue weighted by atomic mass is 9.89. The molecule has 0 radical (unpaired) electrons. The van der Waals surface area contributed by atoms with Crippen molar-refractivity contribution in [1.82, 2.24) is 10.6 Å². The second kappa shape index (κ2) is 10.1. The van der Waals surface area contributed by atoms with Gasteiger partial charge in [0.2, 0.25) is 11.8 Å². The number of halogens is 1. The van der Waals surface area contributed by atoms with Crippen molar-refractivity contribution in [2.45, 2.75) is 71.0 Å². The van der Waals surface area contributed by atoms with Crippen LogP contribution in [0.5, 0.6) is 0 Å². The highest BCUT2D eigenvalue weighted by Crippen LogP contribution is 2.32. The van der Waals surface area contributed by atoms with E-state index in [1.54, 1.807) is 0 Å². The molecule has 2 bridgehead atoms. The molecule has 0 saturated carbocycles. The molecular weight excluding hydrogens is 362 g/mol. The summed E-state index contributed by atoms with van der Waals surface area (Å²) in [7, 11) is 0. The standard InChI is InChI=1S/C21H31N3O2.ClH/c1-14(2)8-21(26)24-17-5-3-4-15(9-17)13-22-20(25)12-16-10-18-6-7-19(11-16)23-18;/h3-5,9,14,16,18-19,23H,6-8,10-13H2,1-2H3,(H,22,25)(H,24,26);1H. The maximum absolute atomic E-state index is 12.3. The number of nitrogens with one attached hydrogen (secondary N) is 3. The second-order valence-corrected chi connectivity index (χ2v) is 8.30. The largest absolute Gasteiger partial charge is 0.352 e.